The van der Waals surface area contributed by atoms with E-state index >= 15 is 0 Å². The van der Waals surface area contributed by atoms with Crippen LogP contribution >= 0.6 is 0 Å². The fraction of sp³-hybridized carbons (Fsp3) is 0. The van der Waals surface area contributed by atoms with E-state index in [1.165, 1.54) is 0 Å². The van der Waals surface area contributed by atoms with Crippen LogP contribution in [0.3, 0.4) is 0 Å². The van der Waals surface area contributed by atoms with Crippen molar-refractivity contribution in [2.75, 3.05) is 0 Å². The fourth-order valence-electron chi connectivity index (χ4n) is 0. The first-order chi connectivity index (χ1) is 8.00. The molecule has 0 aromatic rings. The van der Waals surface area contributed by atoms with Crippen molar-refractivity contribution in [3.63, 3.8) is 0 Å². The van der Waals surface area contributed by atoms with E-state index in [1.807, 2.05) is 0 Å². The van der Waals surface area contributed by atoms with Gasteiger partial charge in [-0.15, -0.1) is 0 Å². The van der Waals surface area contributed by atoms with E-state index in [9.17, 15) is 0 Å². The van der Waals surface area contributed by atoms with Gasteiger partial charge in [0.25, 0.3) is 0 Å². The van der Waals surface area contributed by atoms with Crippen molar-refractivity contribution in [3.8, 4) is 0 Å². The minimum absolute atomic E-state index is 0. The molecular formula is H2Ce2O16S4. The molecule has 0 unspecified atom stereocenters. The predicted molar refractivity (Wildman–Crippen MR) is 45.6 cm³/mol. The Labute approximate surface area is 192 Å². The molecule has 2 radical (unpaired) electrons. The van der Waals surface area contributed by atoms with Crippen LogP contribution in [0.5, 0.6) is 0 Å². The quantitative estimate of drug-likeness (QED) is 0.181. The predicted octanol–water partition coefficient (Wildman–Crippen LogP) is -4.67. The fourth-order valence-corrected chi connectivity index (χ4v) is 0. The molecule has 0 rings (SSSR count). The number of rotatable bonds is 0. The monoisotopic (exact) mass is 666 g/mol. The van der Waals surface area contributed by atoms with Crippen LogP contribution in [-0.4, -0.2) is 70.1 Å². The van der Waals surface area contributed by atoms with E-state index in [0.717, 1.165) is 0 Å². The van der Waals surface area contributed by atoms with Crippen LogP contribution in [0.2, 0.25) is 0 Å². The Morgan fingerprint density at radius 3 is 0.455 bits per heavy atom. The molecule has 0 saturated heterocycles. The summed E-state index contributed by atoms with van der Waals surface area (Å²) in [4.78, 5) is 0. The number of hydrogen-bond donors (Lipinski definition) is 2. The minimum atomic E-state index is -5.17. The van der Waals surface area contributed by atoms with Gasteiger partial charge >= 0.3 is 93.9 Å². The van der Waals surface area contributed by atoms with Crippen LogP contribution in [0.15, 0.2) is 0 Å². The van der Waals surface area contributed by atoms with Crippen molar-refractivity contribution in [2.24, 2.45) is 0 Å². The Kier molecular flexibility index (Phi) is 29.8. The van der Waals surface area contributed by atoms with E-state index in [1.54, 1.807) is 0 Å². The molecule has 0 atom stereocenters. The van der Waals surface area contributed by atoms with E-state index in [4.69, 9.17) is 70.1 Å². The molecule has 0 spiro atoms. The summed E-state index contributed by atoms with van der Waals surface area (Å²) in [6.45, 7) is 0. The average Bonchev–Trinajstić information content (AvgIpc) is 1.62. The van der Waals surface area contributed by atoms with Gasteiger partial charge in [0.05, 0.1) is 0 Å². The first kappa shape index (κ1) is 39.3. The van der Waals surface area contributed by atoms with Gasteiger partial charge in [0.15, 0.2) is 0 Å². The van der Waals surface area contributed by atoms with Gasteiger partial charge in [-0.3, -0.25) is 34.4 Å². The molecule has 0 aliphatic heterocycles. The van der Waals surface area contributed by atoms with Crippen molar-refractivity contribution >= 4 is 41.6 Å². The van der Waals surface area contributed by atoms with Gasteiger partial charge in [-0.1, -0.05) is 0 Å². The summed E-state index contributed by atoms with van der Waals surface area (Å²) in [5.41, 5.74) is 0. The summed E-state index contributed by atoms with van der Waals surface area (Å²) in [5.74, 6) is 0. The molecule has 0 bridgehead atoms. The SMILES string of the molecule is O=S(=O)(O)O.O=S(=O)([O-])[O-].O=S(=O)([O-])[O-].O=S(=O)([O-])[O-].[Ce+3].[Ce+3]. The summed E-state index contributed by atoms with van der Waals surface area (Å²) in [7, 11) is -20.2. The zero-order valence-corrected chi connectivity index (χ0v) is 18.8. The molecule has 0 aliphatic carbocycles. The summed E-state index contributed by atoms with van der Waals surface area (Å²) >= 11 is 0. The Morgan fingerprint density at radius 2 is 0.455 bits per heavy atom. The van der Waals surface area contributed by atoms with Crippen molar-refractivity contribution in [2.45, 2.75) is 0 Å². The smallest absolute Gasteiger partial charge is 0.759 e. The van der Waals surface area contributed by atoms with E-state index < -0.39 is 41.6 Å². The molecule has 0 aromatic heterocycles. The molecule has 2 N–H and O–H groups in total. The Hall–Kier alpha value is 2.23. The van der Waals surface area contributed by atoms with Crippen molar-refractivity contribution in [3.05, 3.63) is 0 Å². The van der Waals surface area contributed by atoms with Crippen LogP contribution in [0.4, 0.5) is 0 Å². The Morgan fingerprint density at radius 1 is 0.455 bits per heavy atom. The molecule has 0 aromatic carbocycles. The van der Waals surface area contributed by atoms with Gasteiger partial charge in [0.1, 0.15) is 0 Å². The minimum Gasteiger partial charge on any atom is -0.759 e. The van der Waals surface area contributed by atoms with E-state index in [2.05, 4.69) is 0 Å². The third kappa shape index (κ3) is 2010. The molecule has 22 heavy (non-hydrogen) atoms. The second kappa shape index (κ2) is 16.7. The number of hydrogen-bond acceptors (Lipinski definition) is 14. The third-order valence-corrected chi connectivity index (χ3v) is 0. The van der Waals surface area contributed by atoms with E-state index in [0.29, 0.717) is 0 Å². The second-order valence-corrected chi connectivity index (χ2v) is 5.02. The zero-order valence-electron chi connectivity index (χ0n) is 9.24. The largest absolute Gasteiger partial charge is 3.00 e. The molecule has 16 nitrogen and oxygen atoms in total. The molecule has 22 heteroatoms. The van der Waals surface area contributed by atoms with Crippen LogP contribution in [0, 0.1) is 83.5 Å². The first-order valence-corrected chi connectivity index (χ1v) is 8.10. The second-order valence-electron chi connectivity index (χ2n) is 1.67. The van der Waals surface area contributed by atoms with Gasteiger partial charge in [0, 0.05) is 31.2 Å². The van der Waals surface area contributed by atoms with Crippen LogP contribution in [0.25, 0.3) is 0 Å². The molecule has 0 aliphatic rings. The summed E-state index contributed by atoms with van der Waals surface area (Å²) < 4.78 is 134. The van der Waals surface area contributed by atoms with Crippen molar-refractivity contribution < 1.29 is 154 Å². The molecule has 0 amide bonds. The molecule has 0 fully saturated rings. The van der Waals surface area contributed by atoms with Crippen LogP contribution < -0.4 is 0 Å². The van der Waals surface area contributed by atoms with Gasteiger partial charge in [-0.25, -0.2) is 0 Å². The molecule has 0 saturated carbocycles. The maximum absolute atomic E-state index is 8.74. The molecule has 0 heterocycles. The van der Waals surface area contributed by atoms with E-state index in [-0.39, 0.29) is 83.5 Å². The summed E-state index contributed by atoms with van der Waals surface area (Å²) in [5, 5.41) is 0. The normalized spacial score (nSPS) is 10.5. The van der Waals surface area contributed by atoms with Gasteiger partial charge in [0.2, 0.25) is 0 Å². The van der Waals surface area contributed by atoms with Gasteiger partial charge in [-0.2, -0.15) is 8.42 Å². The molecule has 130 valence electrons. The van der Waals surface area contributed by atoms with Crippen LogP contribution in [-0.2, 0) is 41.6 Å². The van der Waals surface area contributed by atoms with Crippen LogP contribution in [0.1, 0.15) is 0 Å². The zero-order chi connectivity index (χ0) is 18.0. The van der Waals surface area contributed by atoms with Crippen molar-refractivity contribution in [1.29, 1.82) is 0 Å². The summed E-state index contributed by atoms with van der Waals surface area (Å²) in [6, 6.07) is 0. The Bertz CT molecular complexity index is 477. The Balaban J connectivity index is -0.0000000376. The first-order valence-electron chi connectivity index (χ1n) is 2.70. The topological polar surface area (TPSA) is 315 Å². The average molecular weight is 667 g/mol. The maximum atomic E-state index is 8.74. The molecular weight excluding hydrogens is 664 g/mol. The standard InChI is InChI=1S/2Ce.4H2O4S/c;;4*1-5(2,3)4/h;;4*(H2,1,2,3,4)/q2*+3;;;;/p-6. The maximum Gasteiger partial charge on any atom is 3.00 e. The van der Waals surface area contributed by atoms with Crippen molar-refractivity contribution in [1.82, 2.24) is 0 Å². The van der Waals surface area contributed by atoms with Gasteiger partial charge in [-0.05, 0) is 0 Å². The van der Waals surface area contributed by atoms with Gasteiger partial charge < -0.3 is 27.3 Å². The third-order valence-electron chi connectivity index (χ3n) is 0. The summed E-state index contributed by atoms with van der Waals surface area (Å²) in [6.07, 6.45) is 0.